The summed E-state index contributed by atoms with van der Waals surface area (Å²) < 4.78 is 0. The van der Waals surface area contributed by atoms with Gasteiger partial charge in [-0.05, 0) is 61.8 Å². The van der Waals surface area contributed by atoms with Crippen molar-refractivity contribution in [2.75, 3.05) is 0 Å². The monoisotopic (exact) mass is 370 g/mol. The van der Waals surface area contributed by atoms with Gasteiger partial charge in [0.15, 0.2) is 0 Å². The van der Waals surface area contributed by atoms with Gasteiger partial charge < -0.3 is 0 Å². The molecule has 2 aliphatic carbocycles. The van der Waals surface area contributed by atoms with E-state index in [0.29, 0.717) is 5.92 Å². The molecule has 0 amide bonds. The molecule has 0 saturated heterocycles. The average molecular weight is 371 g/mol. The van der Waals surface area contributed by atoms with Gasteiger partial charge in [0, 0.05) is 18.3 Å². The van der Waals surface area contributed by atoms with Crippen LogP contribution in [0.1, 0.15) is 121 Å². The average Bonchev–Trinajstić information content (AvgIpc) is 2.73. The smallest absolute Gasteiger partial charge is 0.131 e. The molecule has 0 aliphatic heterocycles. The van der Waals surface area contributed by atoms with E-state index in [1.807, 2.05) is 0 Å². The summed E-state index contributed by atoms with van der Waals surface area (Å²) >= 11 is 0. The Hall–Kier alpha value is -0.920. The Balaban J connectivity index is 1.34. The molecule has 0 atom stereocenters. The molecular formula is C25H42N2. The van der Waals surface area contributed by atoms with Crippen LogP contribution in [0.3, 0.4) is 0 Å². The minimum Gasteiger partial charge on any atom is -0.241 e. The van der Waals surface area contributed by atoms with Crippen molar-refractivity contribution in [2.24, 2.45) is 17.8 Å². The summed E-state index contributed by atoms with van der Waals surface area (Å²) in [5.74, 6) is 4.79. The molecule has 0 bridgehead atoms. The van der Waals surface area contributed by atoms with E-state index < -0.39 is 0 Å². The second-order valence-corrected chi connectivity index (χ2v) is 9.52. The lowest BCUT2D eigenvalue weighted by Gasteiger charge is -2.31. The maximum absolute atomic E-state index is 4.71. The maximum Gasteiger partial charge on any atom is 0.131 e. The molecule has 1 aromatic rings. The number of hydrogen-bond donors (Lipinski definition) is 0. The summed E-state index contributed by atoms with van der Waals surface area (Å²) in [4.78, 5) is 9.42. The normalized spacial score (nSPS) is 29.0. The molecule has 2 fully saturated rings. The van der Waals surface area contributed by atoms with Crippen molar-refractivity contribution in [3.05, 3.63) is 23.8 Å². The van der Waals surface area contributed by atoms with Crippen molar-refractivity contribution in [3.63, 3.8) is 0 Å². The van der Waals surface area contributed by atoms with E-state index >= 15 is 0 Å². The van der Waals surface area contributed by atoms with Gasteiger partial charge in [0.1, 0.15) is 5.82 Å². The van der Waals surface area contributed by atoms with Gasteiger partial charge in [-0.3, -0.25) is 0 Å². The molecule has 1 heterocycles. The van der Waals surface area contributed by atoms with E-state index in [-0.39, 0.29) is 0 Å². The zero-order chi connectivity index (χ0) is 18.9. The molecular weight excluding hydrogens is 328 g/mol. The summed E-state index contributed by atoms with van der Waals surface area (Å²) in [7, 11) is 0. The van der Waals surface area contributed by atoms with E-state index in [1.54, 1.807) is 0 Å². The minimum atomic E-state index is 0.617. The Morgan fingerprint density at radius 1 is 0.704 bits per heavy atom. The van der Waals surface area contributed by atoms with Crippen LogP contribution >= 0.6 is 0 Å². The quantitative estimate of drug-likeness (QED) is 0.450. The summed E-state index contributed by atoms with van der Waals surface area (Å²) in [6.45, 7) is 4.58. The molecule has 2 heteroatoms. The summed E-state index contributed by atoms with van der Waals surface area (Å²) in [6.07, 6.45) is 25.1. The van der Waals surface area contributed by atoms with Crippen molar-refractivity contribution < 1.29 is 0 Å². The van der Waals surface area contributed by atoms with Crippen LogP contribution in [0.4, 0.5) is 0 Å². The summed E-state index contributed by atoms with van der Waals surface area (Å²) in [6, 6.07) is 0. The Kier molecular flexibility index (Phi) is 8.61. The van der Waals surface area contributed by atoms with Crippen LogP contribution in [-0.4, -0.2) is 9.97 Å². The minimum absolute atomic E-state index is 0.617. The molecule has 3 rings (SSSR count). The molecule has 152 valence electrons. The van der Waals surface area contributed by atoms with Gasteiger partial charge in [-0.1, -0.05) is 71.6 Å². The second-order valence-electron chi connectivity index (χ2n) is 9.52. The van der Waals surface area contributed by atoms with Crippen LogP contribution in [0.2, 0.25) is 0 Å². The molecule has 2 nitrogen and oxygen atoms in total. The third-order valence-electron chi connectivity index (χ3n) is 7.40. The van der Waals surface area contributed by atoms with Crippen LogP contribution in [0.5, 0.6) is 0 Å². The topological polar surface area (TPSA) is 25.8 Å². The SMILES string of the molecule is CCCCc1cnc(C2CCC(CCC3CCC(CCC)CC3)CC2)nc1. The first-order chi connectivity index (χ1) is 13.3. The molecule has 0 unspecified atom stereocenters. The summed E-state index contributed by atoms with van der Waals surface area (Å²) in [5, 5.41) is 0. The highest BCUT2D eigenvalue weighted by molar-refractivity contribution is 5.08. The largest absolute Gasteiger partial charge is 0.241 e. The van der Waals surface area contributed by atoms with Crippen molar-refractivity contribution in [1.82, 2.24) is 9.97 Å². The number of rotatable bonds is 9. The third-order valence-corrected chi connectivity index (χ3v) is 7.40. The number of hydrogen-bond acceptors (Lipinski definition) is 2. The molecule has 0 N–H and O–H groups in total. The van der Waals surface area contributed by atoms with Gasteiger partial charge in [-0.2, -0.15) is 0 Å². The molecule has 0 spiro atoms. The molecule has 0 radical (unpaired) electrons. The van der Waals surface area contributed by atoms with Crippen LogP contribution in [-0.2, 0) is 6.42 Å². The van der Waals surface area contributed by atoms with E-state index in [0.717, 1.165) is 30.0 Å². The Bertz CT molecular complexity index is 508. The number of aromatic nitrogens is 2. The van der Waals surface area contributed by atoms with Crippen molar-refractivity contribution in [1.29, 1.82) is 0 Å². The zero-order valence-corrected chi connectivity index (χ0v) is 18.0. The third kappa shape index (κ3) is 6.57. The van der Waals surface area contributed by atoms with Crippen molar-refractivity contribution >= 4 is 0 Å². The highest BCUT2D eigenvalue weighted by Gasteiger charge is 2.26. The Morgan fingerprint density at radius 2 is 1.22 bits per heavy atom. The lowest BCUT2D eigenvalue weighted by Crippen LogP contribution is -2.18. The highest BCUT2D eigenvalue weighted by Crippen LogP contribution is 2.39. The van der Waals surface area contributed by atoms with Crippen molar-refractivity contribution in [2.45, 2.75) is 116 Å². The standard InChI is InChI=1S/C25H42N2/c1-3-5-7-23-18-26-25(27-19-23)24-16-14-22(15-17-24)13-12-21-10-8-20(6-4-2)9-11-21/h18-22,24H,3-17H2,1-2H3. The fourth-order valence-corrected chi connectivity index (χ4v) is 5.48. The van der Waals surface area contributed by atoms with Gasteiger partial charge >= 0.3 is 0 Å². The maximum atomic E-state index is 4.71. The van der Waals surface area contributed by atoms with E-state index in [2.05, 4.69) is 26.2 Å². The lowest BCUT2D eigenvalue weighted by atomic mass is 9.75. The first kappa shape index (κ1) is 20.8. The van der Waals surface area contributed by atoms with E-state index in [4.69, 9.17) is 9.97 Å². The van der Waals surface area contributed by atoms with Crippen LogP contribution in [0.25, 0.3) is 0 Å². The van der Waals surface area contributed by atoms with E-state index in [1.165, 1.54) is 95.5 Å². The lowest BCUT2D eigenvalue weighted by molar-refractivity contribution is 0.223. The van der Waals surface area contributed by atoms with Gasteiger partial charge in [0.05, 0.1) is 0 Å². The second kappa shape index (κ2) is 11.2. The fourth-order valence-electron chi connectivity index (χ4n) is 5.48. The van der Waals surface area contributed by atoms with Gasteiger partial charge in [0.25, 0.3) is 0 Å². The Morgan fingerprint density at radius 3 is 1.74 bits per heavy atom. The zero-order valence-electron chi connectivity index (χ0n) is 18.0. The van der Waals surface area contributed by atoms with Crippen LogP contribution < -0.4 is 0 Å². The van der Waals surface area contributed by atoms with E-state index in [9.17, 15) is 0 Å². The number of unbranched alkanes of at least 4 members (excludes halogenated alkanes) is 1. The molecule has 27 heavy (non-hydrogen) atoms. The predicted octanol–water partition coefficient (Wildman–Crippen LogP) is 7.48. The van der Waals surface area contributed by atoms with Crippen LogP contribution in [0.15, 0.2) is 12.4 Å². The first-order valence-corrected chi connectivity index (χ1v) is 12.1. The fraction of sp³-hybridized carbons (Fsp3) is 0.840. The van der Waals surface area contributed by atoms with Crippen molar-refractivity contribution in [3.8, 4) is 0 Å². The molecule has 1 aromatic heterocycles. The highest BCUT2D eigenvalue weighted by atomic mass is 14.9. The summed E-state index contributed by atoms with van der Waals surface area (Å²) in [5.41, 5.74) is 1.31. The van der Waals surface area contributed by atoms with Gasteiger partial charge in [0.2, 0.25) is 0 Å². The predicted molar refractivity (Wildman–Crippen MR) is 115 cm³/mol. The molecule has 2 aliphatic rings. The Labute approximate surface area is 168 Å². The first-order valence-electron chi connectivity index (χ1n) is 12.1. The van der Waals surface area contributed by atoms with Crippen LogP contribution in [0, 0.1) is 17.8 Å². The van der Waals surface area contributed by atoms with Gasteiger partial charge in [-0.15, -0.1) is 0 Å². The number of nitrogens with zero attached hydrogens (tertiary/aromatic N) is 2. The molecule has 2 saturated carbocycles. The van der Waals surface area contributed by atoms with Gasteiger partial charge in [-0.25, -0.2) is 9.97 Å². The molecule has 0 aromatic carbocycles. The number of aryl methyl sites for hydroxylation is 1.